The van der Waals surface area contributed by atoms with Crippen LogP contribution in [0.5, 0.6) is 0 Å². The fourth-order valence-electron chi connectivity index (χ4n) is 1.32. The van der Waals surface area contributed by atoms with Crippen molar-refractivity contribution in [1.82, 2.24) is 0 Å². The highest BCUT2D eigenvalue weighted by atomic mass is 32.1. The lowest BCUT2D eigenvalue weighted by Crippen LogP contribution is -1.76. The third kappa shape index (κ3) is 2.10. The number of hydrogen-bond acceptors (Lipinski definition) is 1. The molecule has 0 aliphatic heterocycles. The van der Waals surface area contributed by atoms with Crippen LogP contribution in [0.25, 0.3) is 12.2 Å². The molecule has 1 rings (SSSR count). The Balaban J connectivity index is 3.26. The maximum absolute atomic E-state index is 2.19. The Morgan fingerprint density at radius 3 is 2.15 bits per heavy atom. The first-order chi connectivity index (χ1) is 6.20. The molecule has 13 heavy (non-hydrogen) atoms. The molecule has 1 heterocycles. The zero-order valence-corrected chi connectivity index (χ0v) is 9.53. The largest absolute Gasteiger partial charge is 0.140 e. The summed E-state index contributed by atoms with van der Waals surface area (Å²) in [5, 5.41) is 0. The van der Waals surface area contributed by atoms with Gasteiger partial charge in [-0.05, 0) is 44.9 Å². The van der Waals surface area contributed by atoms with Crippen molar-refractivity contribution >= 4 is 23.5 Å². The van der Waals surface area contributed by atoms with E-state index in [0.29, 0.717) is 0 Å². The van der Waals surface area contributed by atoms with Gasteiger partial charge in [-0.1, -0.05) is 18.2 Å². The average molecular weight is 192 g/mol. The number of thiophene rings is 1. The molecule has 0 atom stereocenters. The van der Waals surface area contributed by atoms with Crippen LogP contribution in [0.4, 0.5) is 0 Å². The van der Waals surface area contributed by atoms with Gasteiger partial charge in [-0.15, -0.1) is 11.3 Å². The van der Waals surface area contributed by atoms with Gasteiger partial charge in [0.05, 0.1) is 0 Å². The molecule has 0 unspecified atom stereocenters. The minimum Gasteiger partial charge on any atom is -0.140 e. The summed E-state index contributed by atoms with van der Waals surface area (Å²) in [5.74, 6) is 0. The van der Waals surface area contributed by atoms with Gasteiger partial charge >= 0.3 is 0 Å². The molecule has 0 radical (unpaired) electrons. The Hall–Kier alpha value is -0.820. The number of rotatable bonds is 2. The molecule has 0 nitrogen and oxygen atoms in total. The van der Waals surface area contributed by atoms with Crippen LogP contribution in [0, 0.1) is 13.8 Å². The molecule has 0 saturated heterocycles. The van der Waals surface area contributed by atoms with E-state index in [2.05, 4.69) is 52.0 Å². The van der Waals surface area contributed by atoms with E-state index in [9.17, 15) is 0 Å². The molecule has 0 aromatic carbocycles. The van der Waals surface area contributed by atoms with Crippen molar-refractivity contribution in [2.24, 2.45) is 0 Å². The van der Waals surface area contributed by atoms with Gasteiger partial charge in [-0.25, -0.2) is 0 Å². The minimum absolute atomic E-state index is 1.37. The summed E-state index contributed by atoms with van der Waals surface area (Å²) in [4.78, 5) is 2.79. The second-order valence-corrected chi connectivity index (χ2v) is 4.32. The highest BCUT2D eigenvalue weighted by Gasteiger charge is 2.06. The molecule has 70 valence electrons. The van der Waals surface area contributed by atoms with Crippen molar-refractivity contribution in [2.75, 3.05) is 0 Å². The van der Waals surface area contributed by atoms with Gasteiger partial charge in [-0.2, -0.15) is 0 Å². The molecule has 0 amide bonds. The van der Waals surface area contributed by atoms with E-state index >= 15 is 0 Å². The summed E-state index contributed by atoms with van der Waals surface area (Å²) in [5.41, 5.74) is 2.79. The van der Waals surface area contributed by atoms with E-state index in [1.807, 2.05) is 11.3 Å². The molecule has 0 aliphatic carbocycles. The highest BCUT2D eigenvalue weighted by molar-refractivity contribution is 7.13. The summed E-state index contributed by atoms with van der Waals surface area (Å²) >= 11 is 1.87. The molecule has 1 aromatic heterocycles. The zero-order chi connectivity index (χ0) is 9.84. The maximum Gasteiger partial charge on any atom is 0.0344 e. The SMILES string of the molecule is C/C=C\c1sc(C)c(C)c1/C=C\C. The first-order valence-electron chi connectivity index (χ1n) is 4.56. The standard InChI is InChI=1S/C12H16S/c1-5-7-11-9(3)10(4)13-12(11)8-6-2/h5-8H,1-4H3/b7-5-,8-6-. The van der Waals surface area contributed by atoms with Crippen LogP contribution in [-0.2, 0) is 0 Å². The molecule has 0 bridgehead atoms. The molecular formula is C12H16S. The first kappa shape index (κ1) is 10.3. The lowest BCUT2D eigenvalue weighted by molar-refractivity contribution is 1.42. The molecular weight excluding hydrogens is 176 g/mol. The quantitative estimate of drug-likeness (QED) is 0.650. The van der Waals surface area contributed by atoms with Crippen LogP contribution in [0.1, 0.15) is 34.7 Å². The van der Waals surface area contributed by atoms with Gasteiger partial charge in [0.2, 0.25) is 0 Å². The Morgan fingerprint density at radius 1 is 1.00 bits per heavy atom. The Labute approximate surface area is 84.6 Å². The van der Waals surface area contributed by atoms with Gasteiger partial charge in [0.1, 0.15) is 0 Å². The van der Waals surface area contributed by atoms with Crippen LogP contribution >= 0.6 is 11.3 Å². The van der Waals surface area contributed by atoms with Crippen LogP contribution < -0.4 is 0 Å². The van der Waals surface area contributed by atoms with Crippen LogP contribution in [-0.4, -0.2) is 0 Å². The van der Waals surface area contributed by atoms with E-state index in [0.717, 1.165) is 0 Å². The fourth-order valence-corrected chi connectivity index (χ4v) is 2.45. The number of allylic oxidation sites excluding steroid dienone is 2. The lowest BCUT2D eigenvalue weighted by atomic mass is 10.1. The second kappa shape index (κ2) is 4.43. The molecule has 0 N–H and O–H groups in total. The van der Waals surface area contributed by atoms with E-state index < -0.39 is 0 Å². The van der Waals surface area contributed by atoms with E-state index in [1.165, 1.54) is 20.9 Å². The maximum atomic E-state index is 2.19. The van der Waals surface area contributed by atoms with E-state index in [4.69, 9.17) is 0 Å². The van der Waals surface area contributed by atoms with Gasteiger partial charge < -0.3 is 0 Å². The van der Waals surface area contributed by atoms with Crippen molar-refractivity contribution in [3.63, 3.8) is 0 Å². The average Bonchev–Trinajstić information content (AvgIpc) is 2.34. The number of hydrogen-bond donors (Lipinski definition) is 0. The van der Waals surface area contributed by atoms with Gasteiger partial charge in [0.15, 0.2) is 0 Å². The summed E-state index contributed by atoms with van der Waals surface area (Å²) < 4.78 is 0. The van der Waals surface area contributed by atoms with Crippen molar-refractivity contribution in [2.45, 2.75) is 27.7 Å². The van der Waals surface area contributed by atoms with Crippen molar-refractivity contribution in [3.05, 3.63) is 33.0 Å². The van der Waals surface area contributed by atoms with Crippen LogP contribution in [0.3, 0.4) is 0 Å². The third-order valence-corrected chi connectivity index (χ3v) is 3.30. The second-order valence-electron chi connectivity index (χ2n) is 3.06. The molecule has 0 saturated carbocycles. The Bertz CT molecular complexity index is 340. The van der Waals surface area contributed by atoms with Crippen LogP contribution in [0.2, 0.25) is 0 Å². The third-order valence-electron chi connectivity index (χ3n) is 2.11. The Morgan fingerprint density at radius 2 is 1.62 bits per heavy atom. The molecule has 0 fully saturated rings. The predicted octanol–water partition coefficient (Wildman–Crippen LogP) is 4.43. The Kier molecular flexibility index (Phi) is 3.49. The van der Waals surface area contributed by atoms with Crippen LogP contribution in [0.15, 0.2) is 12.2 Å². The monoisotopic (exact) mass is 192 g/mol. The molecule has 1 heteroatoms. The smallest absolute Gasteiger partial charge is 0.0344 e. The van der Waals surface area contributed by atoms with Gasteiger partial charge in [-0.3, -0.25) is 0 Å². The molecule has 0 aliphatic rings. The summed E-state index contributed by atoms with van der Waals surface area (Å²) in [6, 6.07) is 0. The van der Waals surface area contributed by atoms with Crippen molar-refractivity contribution in [1.29, 1.82) is 0 Å². The van der Waals surface area contributed by atoms with Crippen molar-refractivity contribution < 1.29 is 0 Å². The molecule has 0 spiro atoms. The predicted molar refractivity (Wildman–Crippen MR) is 63.2 cm³/mol. The molecule has 1 aromatic rings. The summed E-state index contributed by atoms with van der Waals surface area (Å²) in [7, 11) is 0. The topological polar surface area (TPSA) is 0 Å². The lowest BCUT2D eigenvalue weighted by Gasteiger charge is -1.93. The van der Waals surface area contributed by atoms with E-state index in [1.54, 1.807) is 0 Å². The van der Waals surface area contributed by atoms with Gasteiger partial charge in [0.25, 0.3) is 0 Å². The zero-order valence-electron chi connectivity index (χ0n) is 8.72. The first-order valence-corrected chi connectivity index (χ1v) is 5.37. The van der Waals surface area contributed by atoms with Gasteiger partial charge in [0, 0.05) is 9.75 Å². The number of aryl methyl sites for hydroxylation is 1. The summed E-state index contributed by atoms with van der Waals surface area (Å²) in [6.45, 7) is 8.49. The van der Waals surface area contributed by atoms with E-state index in [-0.39, 0.29) is 0 Å². The minimum atomic E-state index is 1.37. The highest BCUT2D eigenvalue weighted by Crippen LogP contribution is 2.29. The normalized spacial score (nSPS) is 12.0. The van der Waals surface area contributed by atoms with Crippen molar-refractivity contribution in [3.8, 4) is 0 Å². The fraction of sp³-hybridized carbons (Fsp3) is 0.333. The summed E-state index contributed by atoms with van der Waals surface area (Å²) in [6.07, 6.45) is 8.56.